The number of amides is 1. The number of imidazole rings is 1. The first kappa shape index (κ1) is 15.1. The molecule has 0 aromatic carbocycles. The molecule has 1 aliphatic heterocycles. The number of rotatable bonds is 4. The van der Waals surface area contributed by atoms with Crippen LogP contribution < -0.4 is 15.0 Å². The zero-order chi connectivity index (χ0) is 17.7. The molecular weight excluding hydrogens is 334 g/mol. The van der Waals surface area contributed by atoms with Gasteiger partial charge in [0.05, 0.1) is 24.4 Å². The van der Waals surface area contributed by atoms with Crippen LogP contribution in [0.5, 0.6) is 5.75 Å². The lowest BCUT2D eigenvalue weighted by Gasteiger charge is -2.24. The number of carbonyl (C=O) groups is 1. The van der Waals surface area contributed by atoms with Gasteiger partial charge >= 0.3 is 0 Å². The Kier molecular flexibility index (Phi) is 3.27. The highest BCUT2D eigenvalue weighted by molar-refractivity contribution is 5.96. The van der Waals surface area contributed by atoms with Gasteiger partial charge in [0.15, 0.2) is 23.8 Å². The molecule has 9 nitrogen and oxygen atoms in total. The minimum Gasteiger partial charge on any atom is -0.480 e. The monoisotopic (exact) mass is 351 g/mol. The van der Waals surface area contributed by atoms with Crippen molar-refractivity contribution in [1.29, 1.82) is 0 Å². The second kappa shape index (κ2) is 5.65. The second-order valence-corrected chi connectivity index (χ2v) is 6.65. The summed E-state index contributed by atoms with van der Waals surface area (Å²) in [6.07, 6.45) is 7.71. The molecule has 1 amide bonds. The molecular formula is C17H17N7O2. The zero-order valence-electron chi connectivity index (χ0n) is 14.2. The Hall–Kier alpha value is -3.23. The lowest BCUT2D eigenvalue weighted by molar-refractivity contribution is -0.121. The summed E-state index contributed by atoms with van der Waals surface area (Å²) in [4.78, 5) is 30.7. The summed E-state index contributed by atoms with van der Waals surface area (Å²) in [7, 11) is 1.68. The van der Waals surface area contributed by atoms with Crippen molar-refractivity contribution in [2.24, 2.45) is 5.92 Å². The fraction of sp³-hybridized carbons (Fsp3) is 0.353. The van der Waals surface area contributed by atoms with Gasteiger partial charge in [-0.25, -0.2) is 15.0 Å². The van der Waals surface area contributed by atoms with E-state index in [1.807, 2.05) is 6.33 Å². The van der Waals surface area contributed by atoms with Crippen molar-refractivity contribution in [2.75, 3.05) is 23.9 Å². The van der Waals surface area contributed by atoms with Crippen LogP contribution in [0.25, 0.3) is 11.2 Å². The van der Waals surface area contributed by atoms with Crippen molar-refractivity contribution >= 4 is 34.5 Å². The number of carbonyl (C=O) groups excluding carboxylic acids is 1. The standard InChI is InChI=1S/C17H17N7O2/c1-23-14(25)8-26-13-4-11(5-18-16(13)23)21-17-19-6-12-15(22-17)24(9-20-12)7-10-2-3-10/h4-6,9-10H,2-3,7-8H2,1H3,(H,19,21,22). The average molecular weight is 351 g/mol. The van der Waals surface area contributed by atoms with Crippen molar-refractivity contribution in [2.45, 2.75) is 19.4 Å². The molecule has 2 aliphatic rings. The maximum absolute atomic E-state index is 11.7. The van der Waals surface area contributed by atoms with Gasteiger partial charge in [-0.3, -0.25) is 9.69 Å². The lowest BCUT2D eigenvalue weighted by Crippen LogP contribution is -2.36. The first-order valence-corrected chi connectivity index (χ1v) is 8.52. The smallest absolute Gasteiger partial charge is 0.265 e. The number of hydrogen-bond acceptors (Lipinski definition) is 7. The third kappa shape index (κ3) is 2.61. The van der Waals surface area contributed by atoms with E-state index < -0.39 is 0 Å². The molecule has 0 bridgehead atoms. The summed E-state index contributed by atoms with van der Waals surface area (Å²) in [5, 5.41) is 3.15. The van der Waals surface area contributed by atoms with Crippen LogP contribution in [0.4, 0.5) is 17.5 Å². The Morgan fingerprint density at radius 3 is 3.00 bits per heavy atom. The first-order chi connectivity index (χ1) is 12.7. The molecule has 1 fully saturated rings. The summed E-state index contributed by atoms with van der Waals surface area (Å²) < 4.78 is 7.54. The van der Waals surface area contributed by atoms with Crippen molar-refractivity contribution in [3.05, 3.63) is 24.8 Å². The normalized spacial score (nSPS) is 16.5. The van der Waals surface area contributed by atoms with Gasteiger partial charge in [-0.15, -0.1) is 0 Å². The third-order valence-electron chi connectivity index (χ3n) is 4.64. The average Bonchev–Trinajstić information content (AvgIpc) is 3.38. The fourth-order valence-electron chi connectivity index (χ4n) is 2.98. The molecule has 26 heavy (non-hydrogen) atoms. The highest BCUT2D eigenvalue weighted by Crippen LogP contribution is 2.33. The van der Waals surface area contributed by atoms with E-state index in [2.05, 4.69) is 29.8 Å². The van der Waals surface area contributed by atoms with Crippen LogP contribution in [0, 0.1) is 5.92 Å². The van der Waals surface area contributed by atoms with Crippen molar-refractivity contribution in [3.63, 3.8) is 0 Å². The number of nitrogens with one attached hydrogen (secondary N) is 1. The third-order valence-corrected chi connectivity index (χ3v) is 4.64. The molecule has 1 N–H and O–H groups in total. The molecule has 0 spiro atoms. The number of ether oxygens (including phenoxy) is 1. The quantitative estimate of drug-likeness (QED) is 0.764. The highest BCUT2D eigenvalue weighted by atomic mass is 16.5. The molecule has 3 aromatic heterocycles. The number of hydrogen-bond donors (Lipinski definition) is 1. The molecule has 0 saturated heterocycles. The van der Waals surface area contributed by atoms with Crippen molar-refractivity contribution in [1.82, 2.24) is 24.5 Å². The van der Waals surface area contributed by atoms with E-state index in [0.29, 0.717) is 23.2 Å². The molecule has 4 heterocycles. The topological polar surface area (TPSA) is 98.1 Å². The lowest BCUT2D eigenvalue weighted by atomic mass is 10.3. The molecule has 5 rings (SSSR count). The van der Waals surface area contributed by atoms with Gasteiger partial charge in [0.1, 0.15) is 5.52 Å². The summed E-state index contributed by atoms with van der Waals surface area (Å²) in [5.41, 5.74) is 2.30. The largest absolute Gasteiger partial charge is 0.480 e. The number of anilines is 3. The van der Waals surface area contributed by atoms with E-state index in [4.69, 9.17) is 4.74 Å². The minimum atomic E-state index is -0.122. The maximum atomic E-state index is 11.7. The van der Waals surface area contributed by atoms with Gasteiger partial charge < -0.3 is 14.6 Å². The molecule has 0 atom stereocenters. The number of nitrogens with zero attached hydrogens (tertiary/aromatic N) is 6. The first-order valence-electron chi connectivity index (χ1n) is 8.52. The summed E-state index contributed by atoms with van der Waals surface area (Å²) >= 11 is 0. The number of fused-ring (bicyclic) bond motifs is 2. The Bertz CT molecular complexity index is 1010. The fourth-order valence-corrected chi connectivity index (χ4v) is 2.98. The van der Waals surface area contributed by atoms with Gasteiger partial charge in [-0.1, -0.05) is 0 Å². The predicted octanol–water partition coefficient (Wildman–Crippen LogP) is 1.73. The van der Waals surface area contributed by atoms with Gasteiger partial charge in [0.25, 0.3) is 5.91 Å². The molecule has 0 unspecified atom stereocenters. The number of aromatic nitrogens is 5. The summed E-state index contributed by atoms with van der Waals surface area (Å²) in [5.74, 6) is 2.14. The van der Waals surface area contributed by atoms with Gasteiger partial charge in [-0.2, -0.15) is 4.98 Å². The van der Waals surface area contributed by atoms with Crippen LogP contribution in [0.2, 0.25) is 0 Å². The Morgan fingerprint density at radius 1 is 1.27 bits per heavy atom. The SMILES string of the molecule is CN1C(=O)COc2cc(Nc3ncc4ncn(CC5CC5)c4n3)cnc21. The van der Waals surface area contributed by atoms with Crippen molar-refractivity contribution in [3.8, 4) is 5.75 Å². The van der Waals surface area contributed by atoms with Crippen molar-refractivity contribution < 1.29 is 9.53 Å². The highest BCUT2D eigenvalue weighted by Gasteiger charge is 2.24. The van der Waals surface area contributed by atoms with E-state index in [-0.39, 0.29) is 12.5 Å². The summed E-state index contributed by atoms with van der Waals surface area (Å²) in [6.45, 7) is 0.957. The molecule has 3 aromatic rings. The van der Waals surface area contributed by atoms with Crippen LogP contribution in [0.3, 0.4) is 0 Å². The Morgan fingerprint density at radius 2 is 2.15 bits per heavy atom. The molecule has 132 valence electrons. The molecule has 9 heteroatoms. The van der Waals surface area contributed by atoms with E-state index in [0.717, 1.165) is 23.6 Å². The van der Waals surface area contributed by atoms with E-state index in [1.165, 1.54) is 17.7 Å². The van der Waals surface area contributed by atoms with Crippen LogP contribution in [0.15, 0.2) is 24.8 Å². The zero-order valence-corrected chi connectivity index (χ0v) is 14.2. The number of pyridine rings is 1. The van der Waals surface area contributed by atoms with Crippen LogP contribution >= 0.6 is 0 Å². The van der Waals surface area contributed by atoms with Gasteiger partial charge in [0, 0.05) is 19.7 Å². The maximum Gasteiger partial charge on any atom is 0.265 e. The Balaban J connectivity index is 1.43. The second-order valence-electron chi connectivity index (χ2n) is 6.65. The predicted molar refractivity (Wildman–Crippen MR) is 94.5 cm³/mol. The summed E-state index contributed by atoms with van der Waals surface area (Å²) in [6, 6.07) is 1.79. The Labute approximate surface area is 149 Å². The number of likely N-dealkylation sites (N-methyl/N-ethyl adjacent to an activating group) is 1. The van der Waals surface area contributed by atoms with Crippen LogP contribution in [-0.4, -0.2) is 44.1 Å². The van der Waals surface area contributed by atoms with Crippen LogP contribution in [0.1, 0.15) is 12.8 Å². The molecule has 1 aliphatic carbocycles. The molecule has 0 radical (unpaired) electrons. The van der Waals surface area contributed by atoms with Gasteiger partial charge in [0.2, 0.25) is 5.95 Å². The minimum absolute atomic E-state index is 0.0114. The molecule has 1 saturated carbocycles. The van der Waals surface area contributed by atoms with E-state index in [9.17, 15) is 4.79 Å². The van der Waals surface area contributed by atoms with E-state index in [1.54, 1.807) is 25.5 Å². The van der Waals surface area contributed by atoms with E-state index >= 15 is 0 Å². The van der Waals surface area contributed by atoms with Crippen LogP contribution in [-0.2, 0) is 11.3 Å². The van der Waals surface area contributed by atoms with Gasteiger partial charge in [-0.05, 0) is 18.8 Å².